The molecule has 1 saturated carbocycles. The molecule has 0 N–H and O–H groups in total. The predicted molar refractivity (Wildman–Crippen MR) is 75.9 cm³/mol. The van der Waals surface area contributed by atoms with Crippen LogP contribution in [0.25, 0.3) is 0 Å². The van der Waals surface area contributed by atoms with E-state index in [2.05, 4.69) is 10.1 Å². The van der Waals surface area contributed by atoms with Crippen LogP contribution in [0.3, 0.4) is 0 Å². The van der Waals surface area contributed by atoms with Gasteiger partial charge in [0.25, 0.3) is 0 Å². The lowest BCUT2D eigenvalue weighted by atomic mass is 9.74. The summed E-state index contributed by atoms with van der Waals surface area (Å²) in [4.78, 5) is 16.9. The fraction of sp³-hybridized carbons (Fsp3) is 0.800. The van der Waals surface area contributed by atoms with E-state index in [0.717, 1.165) is 38.5 Å². The number of aryl methyl sites for hydroxylation is 1. The maximum absolute atomic E-state index is 12.4. The second-order valence-corrected chi connectivity index (χ2v) is 5.48. The zero-order chi connectivity index (χ0) is 15.1. The molecule has 1 aromatic heterocycles. The van der Waals surface area contributed by atoms with Gasteiger partial charge in [0.2, 0.25) is 5.89 Å². The Morgan fingerprint density at radius 2 is 2.10 bits per heavy atom. The van der Waals surface area contributed by atoms with Crippen molar-refractivity contribution in [3.05, 3.63) is 11.7 Å². The monoisotopic (exact) mass is 296 g/mol. The van der Waals surface area contributed by atoms with E-state index in [9.17, 15) is 4.79 Å². The van der Waals surface area contributed by atoms with Gasteiger partial charge in [-0.1, -0.05) is 24.4 Å². The molecule has 1 fully saturated rings. The Balaban J connectivity index is 2.15. The van der Waals surface area contributed by atoms with Gasteiger partial charge >= 0.3 is 5.97 Å². The third kappa shape index (κ3) is 3.61. The summed E-state index contributed by atoms with van der Waals surface area (Å²) in [5.41, 5.74) is -0.735. The number of rotatable bonds is 7. The van der Waals surface area contributed by atoms with Crippen LogP contribution in [0.1, 0.15) is 57.2 Å². The molecule has 0 bridgehead atoms. The minimum atomic E-state index is -0.735. The van der Waals surface area contributed by atoms with Crippen LogP contribution in [0.5, 0.6) is 0 Å². The molecule has 0 aliphatic heterocycles. The summed E-state index contributed by atoms with van der Waals surface area (Å²) in [5.74, 6) is 0.834. The molecule has 1 aliphatic carbocycles. The summed E-state index contributed by atoms with van der Waals surface area (Å²) >= 11 is 0. The van der Waals surface area contributed by atoms with Crippen molar-refractivity contribution < 1.29 is 18.8 Å². The maximum Gasteiger partial charge on any atom is 0.321 e. The van der Waals surface area contributed by atoms with E-state index in [1.54, 1.807) is 7.11 Å². The molecule has 0 atom stereocenters. The minimum absolute atomic E-state index is 0.225. The summed E-state index contributed by atoms with van der Waals surface area (Å²) in [7, 11) is 1.67. The van der Waals surface area contributed by atoms with Gasteiger partial charge in [0.1, 0.15) is 5.41 Å². The third-order valence-electron chi connectivity index (χ3n) is 4.00. The molecule has 0 unspecified atom stereocenters. The van der Waals surface area contributed by atoms with Crippen LogP contribution in [-0.2, 0) is 26.1 Å². The molecule has 0 saturated heterocycles. The molecule has 6 heteroatoms. The number of ether oxygens (including phenoxy) is 2. The SMILES string of the molecule is CCOC(=O)C1(c2nc(CCCOC)no2)CCCCC1. The molecule has 1 heterocycles. The number of carbonyl (C=O) groups excluding carboxylic acids is 1. The van der Waals surface area contributed by atoms with Gasteiger partial charge in [-0.05, 0) is 26.2 Å². The molecule has 0 radical (unpaired) electrons. The Labute approximate surface area is 125 Å². The van der Waals surface area contributed by atoms with Crippen molar-refractivity contribution in [2.24, 2.45) is 0 Å². The van der Waals surface area contributed by atoms with E-state index in [4.69, 9.17) is 14.0 Å². The van der Waals surface area contributed by atoms with Crippen LogP contribution in [0, 0.1) is 0 Å². The summed E-state index contributed by atoms with van der Waals surface area (Å²) < 4.78 is 15.7. The lowest BCUT2D eigenvalue weighted by molar-refractivity contribution is -0.152. The van der Waals surface area contributed by atoms with Gasteiger partial charge in [-0.3, -0.25) is 4.79 Å². The molecule has 21 heavy (non-hydrogen) atoms. The van der Waals surface area contributed by atoms with E-state index in [1.807, 2.05) is 6.92 Å². The van der Waals surface area contributed by atoms with Crippen molar-refractivity contribution in [3.8, 4) is 0 Å². The number of carbonyl (C=O) groups is 1. The fourth-order valence-corrected chi connectivity index (χ4v) is 2.85. The second-order valence-electron chi connectivity index (χ2n) is 5.48. The van der Waals surface area contributed by atoms with E-state index >= 15 is 0 Å². The number of nitrogens with zero attached hydrogens (tertiary/aromatic N) is 2. The lowest BCUT2D eigenvalue weighted by Gasteiger charge is -2.31. The highest BCUT2D eigenvalue weighted by atomic mass is 16.5. The first-order chi connectivity index (χ1) is 10.2. The zero-order valence-electron chi connectivity index (χ0n) is 12.9. The topological polar surface area (TPSA) is 74.5 Å². The number of esters is 1. The standard InChI is InChI=1S/C15H24N2O4/c1-3-20-14(18)15(9-5-4-6-10-15)13-16-12(17-21-13)8-7-11-19-2/h3-11H2,1-2H3. The largest absolute Gasteiger partial charge is 0.465 e. The van der Waals surface area contributed by atoms with Gasteiger partial charge in [0, 0.05) is 20.1 Å². The molecule has 0 amide bonds. The Kier molecular flexibility index (Phi) is 5.73. The fourth-order valence-electron chi connectivity index (χ4n) is 2.85. The number of hydrogen-bond donors (Lipinski definition) is 0. The van der Waals surface area contributed by atoms with Crippen LogP contribution in [0.15, 0.2) is 4.52 Å². The van der Waals surface area contributed by atoms with Crippen molar-refractivity contribution >= 4 is 5.97 Å². The Morgan fingerprint density at radius 3 is 2.76 bits per heavy atom. The molecule has 2 rings (SSSR count). The highest BCUT2D eigenvalue weighted by Crippen LogP contribution is 2.39. The zero-order valence-corrected chi connectivity index (χ0v) is 12.9. The second kappa shape index (κ2) is 7.54. The summed E-state index contributed by atoms with van der Waals surface area (Å²) in [5, 5.41) is 4.00. The van der Waals surface area contributed by atoms with Gasteiger partial charge in [0.05, 0.1) is 6.61 Å². The van der Waals surface area contributed by atoms with Crippen molar-refractivity contribution in [3.63, 3.8) is 0 Å². The summed E-state index contributed by atoms with van der Waals surface area (Å²) in [6.45, 7) is 2.85. The normalized spacial score (nSPS) is 17.6. The first kappa shape index (κ1) is 15.9. The molecule has 0 spiro atoms. The first-order valence-corrected chi connectivity index (χ1v) is 7.72. The van der Waals surface area contributed by atoms with Gasteiger partial charge in [0.15, 0.2) is 5.82 Å². The smallest absolute Gasteiger partial charge is 0.321 e. The van der Waals surface area contributed by atoms with Crippen LogP contribution in [0.2, 0.25) is 0 Å². The molecular weight excluding hydrogens is 272 g/mol. The van der Waals surface area contributed by atoms with Crippen LogP contribution in [0.4, 0.5) is 0 Å². The number of aromatic nitrogens is 2. The molecule has 1 aromatic rings. The van der Waals surface area contributed by atoms with Crippen molar-refractivity contribution in [1.29, 1.82) is 0 Å². The lowest BCUT2D eigenvalue weighted by Crippen LogP contribution is -2.39. The summed E-state index contributed by atoms with van der Waals surface area (Å²) in [6, 6.07) is 0. The van der Waals surface area contributed by atoms with Gasteiger partial charge in [-0.2, -0.15) is 4.98 Å². The maximum atomic E-state index is 12.4. The Bertz CT molecular complexity index is 452. The third-order valence-corrected chi connectivity index (χ3v) is 4.00. The Morgan fingerprint density at radius 1 is 1.33 bits per heavy atom. The molecule has 6 nitrogen and oxygen atoms in total. The van der Waals surface area contributed by atoms with Crippen LogP contribution in [-0.4, -0.2) is 36.4 Å². The van der Waals surface area contributed by atoms with E-state index in [1.165, 1.54) is 0 Å². The molecule has 118 valence electrons. The van der Waals surface area contributed by atoms with Crippen molar-refractivity contribution in [1.82, 2.24) is 10.1 Å². The summed E-state index contributed by atoms with van der Waals surface area (Å²) in [6.07, 6.45) is 6.09. The van der Waals surface area contributed by atoms with E-state index in [0.29, 0.717) is 31.3 Å². The quantitative estimate of drug-likeness (QED) is 0.568. The molecule has 1 aliphatic rings. The predicted octanol–water partition coefficient (Wildman–Crippen LogP) is 2.41. The van der Waals surface area contributed by atoms with Crippen molar-refractivity contribution in [2.45, 2.75) is 57.3 Å². The minimum Gasteiger partial charge on any atom is -0.465 e. The first-order valence-electron chi connectivity index (χ1n) is 7.72. The molecular formula is C15H24N2O4. The van der Waals surface area contributed by atoms with Crippen molar-refractivity contribution in [2.75, 3.05) is 20.3 Å². The van der Waals surface area contributed by atoms with Gasteiger partial charge in [-0.15, -0.1) is 0 Å². The van der Waals surface area contributed by atoms with E-state index in [-0.39, 0.29) is 5.97 Å². The Hall–Kier alpha value is -1.43. The van der Waals surface area contributed by atoms with Crippen LogP contribution < -0.4 is 0 Å². The molecule has 0 aromatic carbocycles. The van der Waals surface area contributed by atoms with Crippen LogP contribution >= 0.6 is 0 Å². The highest BCUT2D eigenvalue weighted by Gasteiger charge is 2.47. The van der Waals surface area contributed by atoms with Gasteiger partial charge < -0.3 is 14.0 Å². The average Bonchev–Trinajstić information content (AvgIpc) is 2.98. The van der Waals surface area contributed by atoms with Gasteiger partial charge in [-0.25, -0.2) is 0 Å². The van der Waals surface area contributed by atoms with E-state index < -0.39 is 5.41 Å². The highest BCUT2D eigenvalue weighted by molar-refractivity contribution is 5.82. The average molecular weight is 296 g/mol. The number of methoxy groups -OCH3 is 1. The number of hydrogen-bond acceptors (Lipinski definition) is 6.